The SMILES string of the molecule is CC1CNC(C)(c2ccccc2Br)OC1.Cl. The van der Waals surface area contributed by atoms with E-state index in [4.69, 9.17) is 4.74 Å². The summed E-state index contributed by atoms with van der Waals surface area (Å²) in [4.78, 5) is 0. The molecule has 1 N–H and O–H groups in total. The van der Waals surface area contributed by atoms with Crippen molar-refractivity contribution in [3.05, 3.63) is 34.3 Å². The van der Waals surface area contributed by atoms with Gasteiger partial charge in [-0.2, -0.15) is 0 Å². The number of ether oxygens (including phenoxy) is 1. The molecule has 0 aliphatic carbocycles. The second-order valence-corrected chi connectivity index (χ2v) is 5.16. The van der Waals surface area contributed by atoms with Gasteiger partial charge in [0.15, 0.2) is 0 Å². The van der Waals surface area contributed by atoms with E-state index in [0.717, 1.165) is 23.2 Å². The summed E-state index contributed by atoms with van der Waals surface area (Å²) >= 11 is 3.56. The summed E-state index contributed by atoms with van der Waals surface area (Å²) in [7, 11) is 0. The Kier molecular flexibility index (Phi) is 4.80. The van der Waals surface area contributed by atoms with Crippen LogP contribution in [0.1, 0.15) is 19.4 Å². The maximum atomic E-state index is 5.90. The molecule has 0 amide bonds. The summed E-state index contributed by atoms with van der Waals surface area (Å²) in [6.07, 6.45) is 0. The predicted octanol–water partition coefficient (Wildman–Crippen LogP) is 3.30. The van der Waals surface area contributed by atoms with Gasteiger partial charge >= 0.3 is 0 Å². The molecule has 1 aromatic carbocycles. The van der Waals surface area contributed by atoms with Crippen LogP contribution in [0.5, 0.6) is 0 Å². The van der Waals surface area contributed by atoms with Crippen LogP contribution >= 0.6 is 28.3 Å². The lowest BCUT2D eigenvalue weighted by atomic mass is 10.0. The van der Waals surface area contributed by atoms with Gasteiger partial charge in [-0.3, -0.25) is 5.32 Å². The van der Waals surface area contributed by atoms with Crippen LogP contribution in [0.25, 0.3) is 0 Å². The highest BCUT2D eigenvalue weighted by atomic mass is 79.9. The van der Waals surface area contributed by atoms with Gasteiger partial charge in [0.25, 0.3) is 0 Å². The Morgan fingerprint density at radius 2 is 2.12 bits per heavy atom. The Hall–Kier alpha value is -0.0900. The maximum absolute atomic E-state index is 5.90. The number of rotatable bonds is 1. The van der Waals surface area contributed by atoms with Crippen molar-refractivity contribution in [3.63, 3.8) is 0 Å². The minimum absolute atomic E-state index is 0. The molecule has 90 valence electrons. The first-order valence-electron chi connectivity index (χ1n) is 5.26. The predicted molar refractivity (Wildman–Crippen MR) is 71.9 cm³/mol. The van der Waals surface area contributed by atoms with Crippen molar-refractivity contribution in [2.45, 2.75) is 19.6 Å². The molecule has 2 rings (SSSR count). The molecule has 1 saturated heterocycles. The lowest BCUT2D eigenvalue weighted by Crippen LogP contribution is -2.50. The minimum atomic E-state index is -0.355. The van der Waals surface area contributed by atoms with E-state index in [-0.39, 0.29) is 18.1 Å². The molecule has 2 atom stereocenters. The molecule has 0 radical (unpaired) electrons. The van der Waals surface area contributed by atoms with E-state index in [2.05, 4.69) is 41.2 Å². The third kappa shape index (κ3) is 2.77. The van der Waals surface area contributed by atoms with Crippen molar-refractivity contribution in [1.82, 2.24) is 5.32 Å². The average Bonchev–Trinajstić information content (AvgIpc) is 2.23. The van der Waals surface area contributed by atoms with E-state index in [9.17, 15) is 0 Å². The summed E-state index contributed by atoms with van der Waals surface area (Å²) < 4.78 is 7.00. The number of hydrogen-bond donors (Lipinski definition) is 1. The molecule has 1 aromatic rings. The van der Waals surface area contributed by atoms with Crippen LogP contribution in [-0.2, 0) is 10.5 Å². The van der Waals surface area contributed by atoms with Gasteiger partial charge in [-0.15, -0.1) is 12.4 Å². The van der Waals surface area contributed by atoms with Crippen LogP contribution in [0.15, 0.2) is 28.7 Å². The molecule has 2 nitrogen and oxygen atoms in total. The van der Waals surface area contributed by atoms with Crippen molar-refractivity contribution in [3.8, 4) is 0 Å². The summed E-state index contributed by atoms with van der Waals surface area (Å²) in [6.45, 7) is 6.08. The first kappa shape index (κ1) is 14.0. The van der Waals surface area contributed by atoms with E-state index in [1.165, 1.54) is 0 Å². The Balaban J connectivity index is 0.00000128. The van der Waals surface area contributed by atoms with E-state index in [1.54, 1.807) is 0 Å². The molecule has 4 heteroatoms. The van der Waals surface area contributed by atoms with Gasteiger partial charge in [-0.25, -0.2) is 0 Å². The Labute approximate surface area is 111 Å². The summed E-state index contributed by atoms with van der Waals surface area (Å²) in [6, 6.07) is 8.19. The zero-order valence-corrected chi connectivity index (χ0v) is 11.9. The number of halogens is 2. The summed E-state index contributed by atoms with van der Waals surface area (Å²) in [5.74, 6) is 0.584. The standard InChI is InChI=1S/C12H16BrNO.ClH/c1-9-7-14-12(2,15-8-9)10-5-3-4-6-11(10)13;/h3-6,9,14H,7-8H2,1-2H3;1H. The highest BCUT2D eigenvalue weighted by Crippen LogP contribution is 2.31. The first-order valence-corrected chi connectivity index (χ1v) is 6.05. The van der Waals surface area contributed by atoms with Crippen LogP contribution in [-0.4, -0.2) is 13.2 Å². The van der Waals surface area contributed by atoms with Crippen molar-refractivity contribution in [1.29, 1.82) is 0 Å². The third-order valence-electron chi connectivity index (χ3n) is 2.83. The lowest BCUT2D eigenvalue weighted by Gasteiger charge is -2.38. The second kappa shape index (κ2) is 5.50. The largest absolute Gasteiger partial charge is 0.356 e. The van der Waals surface area contributed by atoms with E-state index < -0.39 is 0 Å². The van der Waals surface area contributed by atoms with Gasteiger partial charge in [0, 0.05) is 16.6 Å². The van der Waals surface area contributed by atoms with Gasteiger partial charge in [0.05, 0.1) is 6.61 Å². The van der Waals surface area contributed by atoms with Crippen LogP contribution in [0.4, 0.5) is 0 Å². The van der Waals surface area contributed by atoms with Gasteiger partial charge in [0.2, 0.25) is 0 Å². The van der Waals surface area contributed by atoms with Crippen LogP contribution in [0.3, 0.4) is 0 Å². The van der Waals surface area contributed by atoms with Crippen molar-refractivity contribution >= 4 is 28.3 Å². The highest BCUT2D eigenvalue weighted by Gasteiger charge is 2.33. The van der Waals surface area contributed by atoms with Crippen molar-refractivity contribution in [2.75, 3.05) is 13.2 Å². The van der Waals surface area contributed by atoms with Crippen molar-refractivity contribution < 1.29 is 4.74 Å². The van der Waals surface area contributed by atoms with Crippen LogP contribution < -0.4 is 5.32 Å². The van der Waals surface area contributed by atoms with E-state index in [0.29, 0.717) is 5.92 Å². The molecule has 0 bridgehead atoms. The zero-order chi connectivity index (χ0) is 10.9. The van der Waals surface area contributed by atoms with Gasteiger partial charge < -0.3 is 4.74 Å². The fraction of sp³-hybridized carbons (Fsp3) is 0.500. The zero-order valence-electron chi connectivity index (χ0n) is 9.50. The number of nitrogens with one attached hydrogen (secondary N) is 1. The molecular formula is C12H17BrClNO. The average molecular weight is 307 g/mol. The highest BCUT2D eigenvalue weighted by molar-refractivity contribution is 9.10. The van der Waals surface area contributed by atoms with Gasteiger partial charge in [0.1, 0.15) is 5.72 Å². The van der Waals surface area contributed by atoms with Gasteiger partial charge in [-0.05, 0) is 18.9 Å². The molecule has 2 unspecified atom stereocenters. The first-order chi connectivity index (χ1) is 7.12. The molecule has 1 fully saturated rings. The molecule has 0 spiro atoms. The topological polar surface area (TPSA) is 21.3 Å². The van der Waals surface area contributed by atoms with Gasteiger partial charge in [-0.1, -0.05) is 41.1 Å². The monoisotopic (exact) mass is 305 g/mol. The smallest absolute Gasteiger partial charge is 0.143 e. The molecule has 1 aliphatic heterocycles. The lowest BCUT2D eigenvalue weighted by molar-refractivity contribution is -0.107. The minimum Gasteiger partial charge on any atom is -0.356 e. The molecule has 1 aliphatic rings. The normalized spacial score (nSPS) is 29.6. The fourth-order valence-corrected chi connectivity index (χ4v) is 2.47. The molecule has 1 heterocycles. The molecule has 0 aromatic heterocycles. The summed E-state index contributed by atoms with van der Waals surface area (Å²) in [5, 5.41) is 3.45. The van der Waals surface area contributed by atoms with E-state index >= 15 is 0 Å². The van der Waals surface area contributed by atoms with E-state index in [1.807, 2.05) is 18.2 Å². The van der Waals surface area contributed by atoms with Crippen LogP contribution in [0, 0.1) is 5.92 Å². The fourth-order valence-electron chi connectivity index (χ4n) is 1.81. The molecular weight excluding hydrogens is 289 g/mol. The molecule has 16 heavy (non-hydrogen) atoms. The molecule has 0 saturated carbocycles. The Morgan fingerprint density at radius 1 is 1.44 bits per heavy atom. The maximum Gasteiger partial charge on any atom is 0.143 e. The third-order valence-corrected chi connectivity index (χ3v) is 3.52. The van der Waals surface area contributed by atoms with Crippen molar-refractivity contribution in [2.24, 2.45) is 5.92 Å². The van der Waals surface area contributed by atoms with Crippen LogP contribution in [0.2, 0.25) is 0 Å². The second-order valence-electron chi connectivity index (χ2n) is 4.31. The Bertz CT molecular complexity index is 351. The number of hydrogen-bond acceptors (Lipinski definition) is 2. The number of benzene rings is 1. The Morgan fingerprint density at radius 3 is 2.69 bits per heavy atom. The summed E-state index contributed by atoms with van der Waals surface area (Å²) in [5.41, 5.74) is 0.809. The quantitative estimate of drug-likeness (QED) is 0.859.